The number of hydrogen-bond donors (Lipinski definition) is 2. The van der Waals surface area contributed by atoms with Crippen molar-refractivity contribution in [2.24, 2.45) is 0 Å². The number of carbonyl (C=O) groups is 1. The maximum Gasteiger partial charge on any atom is 0.258 e. The lowest BCUT2D eigenvalue weighted by Crippen LogP contribution is -2.32. The SMILES string of the molecule is CC[C@H](C)NS(=O)(=O)c1ccc(OCC(=O)N[C@@H](C)c2ccccc2)cc1. The third-order valence-electron chi connectivity index (χ3n) is 4.15. The van der Waals surface area contributed by atoms with Crippen molar-refractivity contribution < 1.29 is 17.9 Å². The van der Waals surface area contributed by atoms with Crippen molar-refractivity contribution in [2.45, 2.75) is 44.2 Å². The number of nitrogens with one attached hydrogen (secondary N) is 2. The molecule has 0 fully saturated rings. The summed E-state index contributed by atoms with van der Waals surface area (Å²) in [5.74, 6) is 0.182. The first-order valence-electron chi connectivity index (χ1n) is 8.91. The van der Waals surface area contributed by atoms with E-state index in [0.717, 1.165) is 5.56 Å². The van der Waals surface area contributed by atoms with Crippen molar-refractivity contribution in [1.82, 2.24) is 10.0 Å². The molecule has 2 aromatic rings. The molecule has 7 heteroatoms. The molecule has 2 aromatic carbocycles. The van der Waals surface area contributed by atoms with Gasteiger partial charge in [0.25, 0.3) is 5.91 Å². The zero-order valence-electron chi connectivity index (χ0n) is 15.8. The maximum absolute atomic E-state index is 12.2. The van der Waals surface area contributed by atoms with Crippen LogP contribution in [0.4, 0.5) is 0 Å². The van der Waals surface area contributed by atoms with Gasteiger partial charge in [0.1, 0.15) is 5.75 Å². The molecule has 27 heavy (non-hydrogen) atoms. The van der Waals surface area contributed by atoms with E-state index in [1.807, 2.05) is 51.1 Å². The molecule has 0 spiro atoms. The molecule has 0 unspecified atom stereocenters. The van der Waals surface area contributed by atoms with Crippen molar-refractivity contribution in [3.63, 3.8) is 0 Å². The molecular formula is C20H26N2O4S. The largest absolute Gasteiger partial charge is 0.484 e. The van der Waals surface area contributed by atoms with Crippen molar-refractivity contribution in [3.8, 4) is 5.75 Å². The normalized spacial score (nSPS) is 13.6. The van der Waals surface area contributed by atoms with Gasteiger partial charge in [-0.25, -0.2) is 13.1 Å². The van der Waals surface area contributed by atoms with Gasteiger partial charge in [-0.1, -0.05) is 37.3 Å². The molecule has 0 aromatic heterocycles. The molecule has 0 saturated heterocycles. The van der Waals surface area contributed by atoms with Gasteiger partial charge in [-0.2, -0.15) is 0 Å². The summed E-state index contributed by atoms with van der Waals surface area (Å²) in [6.45, 7) is 5.48. The summed E-state index contributed by atoms with van der Waals surface area (Å²) in [5, 5.41) is 2.86. The number of amides is 1. The van der Waals surface area contributed by atoms with Crippen molar-refractivity contribution in [1.29, 1.82) is 0 Å². The summed E-state index contributed by atoms with van der Waals surface area (Å²) >= 11 is 0. The monoisotopic (exact) mass is 390 g/mol. The molecule has 146 valence electrons. The zero-order chi connectivity index (χ0) is 19.9. The van der Waals surface area contributed by atoms with E-state index in [4.69, 9.17) is 4.74 Å². The number of hydrogen-bond acceptors (Lipinski definition) is 4. The van der Waals surface area contributed by atoms with Gasteiger partial charge in [0, 0.05) is 6.04 Å². The van der Waals surface area contributed by atoms with E-state index in [-0.39, 0.29) is 29.5 Å². The first kappa shape index (κ1) is 20.9. The Morgan fingerprint density at radius 2 is 1.67 bits per heavy atom. The lowest BCUT2D eigenvalue weighted by Gasteiger charge is -2.15. The summed E-state index contributed by atoms with van der Waals surface area (Å²) in [6.07, 6.45) is 0.705. The molecule has 0 radical (unpaired) electrons. The molecule has 6 nitrogen and oxygen atoms in total. The summed E-state index contributed by atoms with van der Waals surface area (Å²) < 4.78 is 32.5. The summed E-state index contributed by atoms with van der Waals surface area (Å²) in [6, 6.07) is 15.4. The second kappa shape index (κ2) is 9.53. The van der Waals surface area contributed by atoms with Crippen LogP contribution < -0.4 is 14.8 Å². The van der Waals surface area contributed by atoms with Crippen LogP contribution in [0.1, 0.15) is 38.8 Å². The van der Waals surface area contributed by atoms with Gasteiger partial charge in [0.05, 0.1) is 10.9 Å². The third-order valence-corrected chi connectivity index (χ3v) is 5.76. The molecule has 0 aliphatic rings. The molecule has 2 atom stereocenters. The highest BCUT2D eigenvalue weighted by Gasteiger charge is 2.16. The van der Waals surface area contributed by atoms with E-state index in [0.29, 0.717) is 12.2 Å². The predicted molar refractivity (Wildman–Crippen MR) is 105 cm³/mol. The van der Waals surface area contributed by atoms with Crippen LogP contribution in [-0.2, 0) is 14.8 Å². The van der Waals surface area contributed by atoms with E-state index in [9.17, 15) is 13.2 Å². The Balaban J connectivity index is 1.88. The van der Waals surface area contributed by atoms with Gasteiger partial charge in [-0.15, -0.1) is 0 Å². The van der Waals surface area contributed by atoms with E-state index < -0.39 is 10.0 Å². The summed E-state index contributed by atoms with van der Waals surface area (Å²) in [7, 11) is -3.55. The highest BCUT2D eigenvalue weighted by Crippen LogP contribution is 2.17. The van der Waals surface area contributed by atoms with Crippen LogP contribution in [0.25, 0.3) is 0 Å². The number of carbonyl (C=O) groups excluding carboxylic acids is 1. The Morgan fingerprint density at radius 3 is 2.26 bits per heavy atom. The van der Waals surface area contributed by atoms with Crippen molar-refractivity contribution in [3.05, 3.63) is 60.2 Å². The Kier molecular flexibility index (Phi) is 7.38. The molecular weight excluding hydrogens is 364 g/mol. The standard InChI is InChI=1S/C20H26N2O4S/c1-4-15(2)22-27(24,25)19-12-10-18(11-13-19)26-14-20(23)21-16(3)17-8-6-5-7-9-17/h5-13,15-16,22H,4,14H2,1-3H3,(H,21,23)/t15-,16-/m0/s1. The maximum atomic E-state index is 12.2. The second-order valence-electron chi connectivity index (χ2n) is 6.39. The molecule has 2 N–H and O–H groups in total. The summed E-state index contributed by atoms with van der Waals surface area (Å²) in [5.41, 5.74) is 1.01. The fourth-order valence-corrected chi connectivity index (χ4v) is 3.72. The highest BCUT2D eigenvalue weighted by molar-refractivity contribution is 7.89. The van der Waals surface area contributed by atoms with Gasteiger partial charge in [0.2, 0.25) is 10.0 Å². The average Bonchev–Trinajstić information content (AvgIpc) is 2.67. The molecule has 0 heterocycles. The molecule has 2 rings (SSSR count). The minimum absolute atomic E-state index is 0.124. The Bertz CT molecular complexity index is 836. The Labute approximate surface area is 161 Å². The Morgan fingerprint density at radius 1 is 1.04 bits per heavy atom. The van der Waals surface area contributed by atoms with Crippen molar-refractivity contribution in [2.75, 3.05) is 6.61 Å². The van der Waals surface area contributed by atoms with E-state index >= 15 is 0 Å². The van der Waals surface area contributed by atoms with Crippen LogP contribution in [0.2, 0.25) is 0 Å². The number of sulfonamides is 1. The van der Waals surface area contributed by atoms with Gasteiger partial charge >= 0.3 is 0 Å². The van der Waals surface area contributed by atoms with Crippen LogP contribution in [0.15, 0.2) is 59.5 Å². The fraction of sp³-hybridized carbons (Fsp3) is 0.350. The van der Waals surface area contributed by atoms with Crippen LogP contribution in [0, 0.1) is 0 Å². The molecule has 0 aliphatic heterocycles. The van der Waals surface area contributed by atoms with Crippen LogP contribution in [0.5, 0.6) is 5.75 Å². The first-order valence-corrected chi connectivity index (χ1v) is 10.4. The fourth-order valence-electron chi connectivity index (χ4n) is 2.39. The second-order valence-corrected chi connectivity index (χ2v) is 8.10. The molecule has 1 amide bonds. The van der Waals surface area contributed by atoms with Crippen LogP contribution >= 0.6 is 0 Å². The van der Waals surface area contributed by atoms with Crippen molar-refractivity contribution >= 4 is 15.9 Å². The third kappa shape index (κ3) is 6.37. The smallest absolute Gasteiger partial charge is 0.258 e. The van der Waals surface area contributed by atoms with Gasteiger partial charge in [-0.05, 0) is 50.1 Å². The Hall–Kier alpha value is -2.38. The minimum Gasteiger partial charge on any atom is -0.484 e. The van der Waals surface area contributed by atoms with E-state index in [2.05, 4.69) is 10.0 Å². The van der Waals surface area contributed by atoms with Crippen LogP contribution in [-0.4, -0.2) is 27.0 Å². The van der Waals surface area contributed by atoms with Gasteiger partial charge < -0.3 is 10.1 Å². The predicted octanol–water partition coefficient (Wildman–Crippen LogP) is 3.02. The topological polar surface area (TPSA) is 84.5 Å². The zero-order valence-corrected chi connectivity index (χ0v) is 16.6. The molecule has 0 bridgehead atoms. The minimum atomic E-state index is -3.55. The lowest BCUT2D eigenvalue weighted by atomic mass is 10.1. The highest BCUT2D eigenvalue weighted by atomic mass is 32.2. The lowest BCUT2D eigenvalue weighted by molar-refractivity contribution is -0.123. The van der Waals surface area contributed by atoms with Gasteiger partial charge in [0.15, 0.2) is 6.61 Å². The number of ether oxygens (including phenoxy) is 1. The number of benzene rings is 2. The average molecular weight is 391 g/mol. The molecule has 0 saturated carbocycles. The van der Waals surface area contributed by atoms with E-state index in [1.165, 1.54) is 12.1 Å². The van der Waals surface area contributed by atoms with Gasteiger partial charge in [-0.3, -0.25) is 4.79 Å². The van der Waals surface area contributed by atoms with E-state index in [1.54, 1.807) is 12.1 Å². The van der Waals surface area contributed by atoms with Crippen LogP contribution in [0.3, 0.4) is 0 Å². The molecule has 0 aliphatic carbocycles. The number of rotatable bonds is 9. The summed E-state index contributed by atoms with van der Waals surface area (Å²) in [4.78, 5) is 12.2. The first-order chi connectivity index (χ1) is 12.8. The quantitative estimate of drug-likeness (QED) is 0.689.